The number of aryl methyl sites for hydroxylation is 2. The molecule has 2 heterocycles. The van der Waals surface area contributed by atoms with Crippen LogP contribution in [-0.4, -0.2) is 54.5 Å². The Balaban J connectivity index is 1.09. The van der Waals surface area contributed by atoms with E-state index in [0.717, 1.165) is 80.6 Å². The first-order valence-electron chi connectivity index (χ1n) is 13.0. The van der Waals surface area contributed by atoms with Gasteiger partial charge >= 0.3 is 6.03 Å². The van der Waals surface area contributed by atoms with Crippen molar-refractivity contribution in [3.05, 3.63) is 71.9 Å². The largest absolute Gasteiger partial charge is 0.356 e. The van der Waals surface area contributed by atoms with Crippen molar-refractivity contribution in [3.8, 4) is 0 Å². The number of piperidine rings is 1. The van der Waals surface area contributed by atoms with E-state index >= 15 is 0 Å². The molecule has 1 saturated heterocycles. The second-order valence-electron chi connectivity index (χ2n) is 9.56. The van der Waals surface area contributed by atoms with Gasteiger partial charge in [-0.2, -0.15) is 0 Å². The maximum Gasteiger partial charge on any atom is 0.319 e. The quantitative estimate of drug-likeness (QED) is 0.367. The fourth-order valence-electron chi connectivity index (χ4n) is 4.78. The Morgan fingerprint density at radius 1 is 0.944 bits per heavy atom. The van der Waals surface area contributed by atoms with Gasteiger partial charge in [-0.3, -0.25) is 9.78 Å². The van der Waals surface area contributed by atoms with E-state index in [0.29, 0.717) is 6.54 Å². The van der Waals surface area contributed by atoms with Crippen LogP contribution < -0.4 is 16.0 Å². The molecule has 36 heavy (non-hydrogen) atoms. The van der Waals surface area contributed by atoms with Crippen LogP contribution in [0.1, 0.15) is 36.9 Å². The first-order valence-corrected chi connectivity index (χ1v) is 13.0. The zero-order valence-electron chi connectivity index (χ0n) is 21.1. The summed E-state index contributed by atoms with van der Waals surface area (Å²) < 4.78 is 0. The van der Waals surface area contributed by atoms with E-state index in [9.17, 15) is 9.59 Å². The fourth-order valence-corrected chi connectivity index (χ4v) is 4.78. The van der Waals surface area contributed by atoms with Gasteiger partial charge < -0.3 is 20.9 Å². The van der Waals surface area contributed by atoms with Gasteiger partial charge in [0.1, 0.15) is 0 Å². The summed E-state index contributed by atoms with van der Waals surface area (Å²) in [5, 5.41) is 9.97. The van der Waals surface area contributed by atoms with Crippen molar-refractivity contribution in [1.82, 2.24) is 20.5 Å². The van der Waals surface area contributed by atoms with Crippen molar-refractivity contribution < 1.29 is 9.59 Å². The van der Waals surface area contributed by atoms with E-state index in [1.165, 1.54) is 5.56 Å². The molecule has 1 aliphatic rings. The molecule has 0 spiro atoms. The van der Waals surface area contributed by atoms with Crippen LogP contribution in [0.25, 0.3) is 10.9 Å². The van der Waals surface area contributed by atoms with Crippen molar-refractivity contribution in [1.29, 1.82) is 0 Å². The Morgan fingerprint density at radius 3 is 2.50 bits per heavy atom. The van der Waals surface area contributed by atoms with E-state index in [2.05, 4.69) is 50.1 Å². The van der Waals surface area contributed by atoms with E-state index in [1.54, 1.807) is 0 Å². The molecule has 0 unspecified atom stereocenters. The Labute approximate surface area is 213 Å². The number of aromatic nitrogens is 1. The third-order valence-corrected chi connectivity index (χ3v) is 6.80. The minimum Gasteiger partial charge on any atom is -0.356 e. The highest BCUT2D eigenvalue weighted by Gasteiger charge is 2.24. The number of amides is 3. The summed E-state index contributed by atoms with van der Waals surface area (Å²) in [5.41, 5.74) is 3.85. The molecule has 1 aromatic heterocycles. The first-order chi connectivity index (χ1) is 17.6. The van der Waals surface area contributed by atoms with Crippen molar-refractivity contribution in [2.75, 3.05) is 38.0 Å². The van der Waals surface area contributed by atoms with Crippen LogP contribution in [0, 0.1) is 12.8 Å². The van der Waals surface area contributed by atoms with E-state index in [4.69, 9.17) is 0 Å². The van der Waals surface area contributed by atoms with E-state index in [-0.39, 0.29) is 17.9 Å². The van der Waals surface area contributed by atoms with Gasteiger partial charge in [-0.15, -0.1) is 0 Å². The molecule has 0 bridgehead atoms. The van der Waals surface area contributed by atoms with Crippen LogP contribution in [0.5, 0.6) is 0 Å². The highest BCUT2D eigenvalue weighted by molar-refractivity contribution is 6.00. The lowest BCUT2D eigenvalue weighted by molar-refractivity contribution is -0.126. The second kappa shape index (κ2) is 13.0. The average molecular weight is 488 g/mol. The maximum atomic E-state index is 12.5. The zero-order valence-corrected chi connectivity index (χ0v) is 21.1. The SMILES string of the molecule is Cc1cc(NC(=O)NCCN2CCC(C(=O)NCCCCc3ccccc3)CC2)c2ccccc2n1. The number of benzene rings is 2. The summed E-state index contributed by atoms with van der Waals surface area (Å²) in [4.78, 5) is 31.8. The van der Waals surface area contributed by atoms with Crippen LogP contribution in [0.4, 0.5) is 10.5 Å². The highest BCUT2D eigenvalue weighted by Crippen LogP contribution is 2.22. The van der Waals surface area contributed by atoms with Gasteiger partial charge in [0.05, 0.1) is 11.2 Å². The molecule has 0 radical (unpaired) electrons. The number of fused-ring (bicyclic) bond motifs is 1. The summed E-state index contributed by atoms with van der Waals surface area (Å²) >= 11 is 0. The van der Waals surface area contributed by atoms with E-state index in [1.807, 2.05) is 43.3 Å². The number of likely N-dealkylation sites (tertiary alicyclic amines) is 1. The number of carbonyl (C=O) groups excluding carboxylic acids is 2. The summed E-state index contributed by atoms with van der Waals surface area (Å²) in [6, 6.07) is 19.9. The third-order valence-electron chi connectivity index (χ3n) is 6.80. The van der Waals surface area contributed by atoms with Gasteiger partial charge in [0, 0.05) is 36.6 Å². The van der Waals surface area contributed by atoms with Crippen molar-refractivity contribution >= 4 is 28.5 Å². The number of para-hydroxylation sites is 1. The molecule has 3 aromatic rings. The molecular weight excluding hydrogens is 450 g/mol. The zero-order chi connectivity index (χ0) is 25.2. The third kappa shape index (κ3) is 7.52. The number of hydrogen-bond acceptors (Lipinski definition) is 4. The molecule has 7 heteroatoms. The van der Waals surface area contributed by atoms with Gasteiger partial charge in [0.15, 0.2) is 0 Å². The Morgan fingerprint density at radius 2 is 1.69 bits per heavy atom. The van der Waals surface area contributed by atoms with Gasteiger partial charge in [0.2, 0.25) is 5.91 Å². The molecule has 7 nitrogen and oxygen atoms in total. The summed E-state index contributed by atoms with van der Waals surface area (Å²) in [6.07, 6.45) is 4.87. The fraction of sp³-hybridized carbons (Fsp3) is 0.414. The number of nitrogens with one attached hydrogen (secondary N) is 3. The number of pyridine rings is 1. The van der Waals surface area contributed by atoms with Gasteiger partial charge in [-0.25, -0.2) is 4.79 Å². The van der Waals surface area contributed by atoms with Crippen LogP contribution >= 0.6 is 0 Å². The van der Waals surface area contributed by atoms with Crippen LogP contribution in [0.3, 0.4) is 0 Å². The predicted molar refractivity (Wildman–Crippen MR) is 145 cm³/mol. The minimum absolute atomic E-state index is 0.0924. The molecule has 1 fully saturated rings. The minimum atomic E-state index is -0.215. The highest BCUT2D eigenvalue weighted by atomic mass is 16.2. The van der Waals surface area contributed by atoms with Gasteiger partial charge in [0.25, 0.3) is 0 Å². The Hall–Kier alpha value is -3.45. The number of hydrogen-bond donors (Lipinski definition) is 3. The Kier molecular flexibility index (Phi) is 9.27. The normalized spacial score (nSPS) is 14.5. The molecule has 4 rings (SSSR count). The topological polar surface area (TPSA) is 86.4 Å². The standard InChI is InChI=1S/C29H37N5O2/c1-22-21-27(25-12-5-6-13-26(25)32-22)33-29(36)31-17-20-34-18-14-24(15-19-34)28(35)30-16-8-7-11-23-9-3-2-4-10-23/h2-6,9-10,12-13,21,24H,7-8,11,14-20H2,1H3,(H,30,35)(H2,31,32,33,36). The molecule has 2 aromatic carbocycles. The monoisotopic (exact) mass is 487 g/mol. The maximum absolute atomic E-state index is 12.5. The van der Waals surface area contributed by atoms with Crippen LogP contribution in [0.15, 0.2) is 60.7 Å². The number of nitrogens with zero attached hydrogens (tertiary/aromatic N) is 2. The van der Waals surface area contributed by atoms with Crippen molar-refractivity contribution in [2.45, 2.75) is 39.0 Å². The molecule has 1 aliphatic heterocycles. The molecular formula is C29H37N5O2. The molecule has 0 aliphatic carbocycles. The Bertz CT molecular complexity index is 1140. The number of anilines is 1. The lowest BCUT2D eigenvalue weighted by atomic mass is 9.96. The molecule has 0 atom stereocenters. The summed E-state index contributed by atoms with van der Waals surface area (Å²) in [6.45, 7) is 5.76. The molecule has 0 saturated carbocycles. The smallest absolute Gasteiger partial charge is 0.319 e. The average Bonchev–Trinajstić information content (AvgIpc) is 2.89. The summed E-state index contributed by atoms with van der Waals surface area (Å²) in [7, 11) is 0. The number of carbonyl (C=O) groups is 2. The van der Waals surface area contributed by atoms with Crippen molar-refractivity contribution in [3.63, 3.8) is 0 Å². The van der Waals surface area contributed by atoms with Gasteiger partial charge in [-0.1, -0.05) is 48.5 Å². The second-order valence-corrected chi connectivity index (χ2v) is 9.56. The summed E-state index contributed by atoms with van der Waals surface area (Å²) in [5.74, 6) is 0.279. The molecule has 3 N–H and O–H groups in total. The lowest BCUT2D eigenvalue weighted by Gasteiger charge is -2.31. The number of rotatable bonds is 10. The number of unbranched alkanes of at least 4 members (excludes halogenated alkanes) is 1. The molecule has 3 amide bonds. The first kappa shape index (κ1) is 25.6. The van der Waals surface area contributed by atoms with E-state index < -0.39 is 0 Å². The van der Waals surface area contributed by atoms with Crippen LogP contribution in [-0.2, 0) is 11.2 Å². The lowest BCUT2D eigenvalue weighted by Crippen LogP contribution is -2.43. The van der Waals surface area contributed by atoms with Crippen LogP contribution in [0.2, 0.25) is 0 Å². The van der Waals surface area contributed by atoms with Crippen molar-refractivity contribution in [2.24, 2.45) is 5.92 Å². The molecule has 190 valence electrons. The number of urea groups is 1. The van der Waals surface area contributed by atoms with Gasteiger partial charge in [-0.05, 0) is 69.8 Å². The predicted octanol–water partition coefficient (Wildman–Crippen LogP) is 4.52.